The van der Waals surface area contributed by atoms with Gasteiger partial charge in [-0.1, -0.05) is 51.1 Å². The van der Waals surface area contributed by atoms with Crippen LogP contribution in [-0.2, 0) is 16.1 Å². The molecule has 0 spiro atoms. The van der Waals surface area contributed by atoms with E-state index in [0.717, 1.165) is 18.4 Å². The van der Waals surface area contributed by atoms with Gasteiger partial charge in [0.2, 0.25) is 0 Å². The lowest BCUT2D eigenvalue weighted by atomic mass is 9.88. The van der Waals surface area contributed by atoms with Crippen molar-refractivity contribution in [1.29, 1.82) is 0 Å². The van der Waals surface area contributed by atoms with Gasteiger partial charge in [-0.05, 0) is 23.8 Å². The second-order valence-electron chi connectivity index (χ2n) is 8.05. The van der Waals surface area contributed by atoms with Crippen LogP contribution in [0.3, 0.4) is 0 Å². The van der Waals surface area contributed by atoms with Crippen LogP contribution in [0.2, 0.25) is 0 Å². The highest BCUT2D eigenvalue weighted by molar-refractivity contribution is 5.69. The summed E-state index contributed by atoms with van der Waals surface area (Å²) in [4.78, 5) is 14.1. The standard InChI is InChI=1S/C19H27NO4/c1-19(2,3)10-14-9-15-17(24-14)16(21)11-20(15)18(22)23-12-13-7-5-4-6-8-13/h4-8,14-17,21H,9-12H2,1-3H3. The molecule has 1 amide bonds. The molecule has 5 heteroatoms. The third kappa shape index (κ3) is 3.90. The van der Waals surface area contributed by atoms with E-state index in [-0.39, 0.29) is 42.9 Å². The van der Waals surface area contributed by atoms with Crippen molar-refractivity contribution < 1.29 is 19.4 Å². The maximum Gasteiger partial charge on any atom is 0.410 e. The monoisotopic (exact) mass is 333 g/mol. The third-order valence-electron chi connectivity index (χ3n) is 4.68. The molecule has 0 saturated carbocycles. The summed E-state index contributed by atoms with van der Waals surface area (Å²) in [5.74, 6) is 0. The summed E-state index contributed by atoms with van der Waals surface area (Å²) in [5, 5.41) is 10.2. The smallest absolute Gasteiger partial charge is 0.410 e. The Morgan fingerprint density at radius 3 is 2.71 bits per heavy atom. The van der Waals surface area contributed by atoms with Gasteiger partial charge < -0.3 is 14.6 Å². The Balaban J connectivity index is 1.59. The zero-order chi connectivity index (χ0) is 17.3. The largest absolute Gasteiger partial charge is 0.445 e. The molecule has 0 aliphatic carbocycles. The Kier molecular flexibility index (Phi) is 4.83. The molecule has 2 aliphatic rings. The normalized spacial score (nSPS) is 29.6. The van der Waals surface area contributed by atoms with Crippen LogP contribution < -0.4 is 0 Å². The highest BCUT2D eigenvalue weighted by Gasteiger charge is 2.51. The van der Waals surface area contributed by atoms with E-state index in [1.807, 2.05) is 30.3 Å². The fourth-order valence-electron chi connectivity index (χ4n) is 3.69. The summed E-state index contributed by atoms with van der Waals surface area (Å²) < 4.78 is 11.4. The van der Waals surface area contributed by atoms with E-state index < -0.39 is 6.10 Å². The molecule has 4 unspecified atom stereocenters. The SMILES string of the molecule is CC(C)(C)CC1CC2C(O1)C(O)CN2C(=O)OCc1ccccc1. The summed E-state index contributed by atoms with van der Waals surface area (Å²) >= 11 is 0. The molecule has 2 saturated heterocycles. The minimum atomic E-state index is -0.635. The molecule has 0 aromatic heterocycles. The molecule has 132 valence electrons. The molecule has 0 bridgehead atoms. The number of ether oxygens (including phenoxy) is 2. The van der Waals surface area contributed by atoms with Crippen LogP contribution in [-0.4, -0.2) is 47.0 Å². The van der Waals surface area contributed by atoms with Gasteiger partial charge in [-0.2, -0.15) is 0 Å². The van der Waals surface area contributed by atoms with Gasteiger partial charge in [0.15, 0.2) is 0 Å². The number of benzene rings is 1. The van der Waals surface area contributed by atoms with Gasteiger partial charge in [0.25, 0.3) is 0 Å². The molecule has 4 atom stereocenters. The van der Waals surface area contributed by atoms with Crippen LogP contribution in [0, 0.1) is 5.41 Å². The predicted molar refractivity (Wildman–Crippen MR) is 90.5 cm³/mol. The first-order chi connectivity index (χ1) is 11.3. The Morgan fingerprint density at radius 2 is 2.04 bits per heavy atom. The number of rotatable bonds is 3. The van der Waals surface area contributed by atoms with Gasteiger partial charge in [0.05, 0.1) is 24.8 Å². The second-order valence-corrected chi connectivity index (χ2v) is 8.05. The number of nitrogens with zero attached hydrogens (tertiary/aromatic N) is 1. The quantitative estimate of drug-likeness (QED) is 0.924. The fraction of sp³-hybridized carbons (Fsp3) is 0.632. The van der Waals surface area contributed by atoms with E-state index in [1.165, 1.54) is 0 Å². The lowest BCUT2D eigenvalue weighted by Crippen LogP contribution is -2.38. The molecule has 1 N–H and O–H groups in total. The number of aliphatic hydroxyl groups excluding tert-OH is 1. The van der Waals surface area contributed by atoms with Crippen LogP contribution in [0.15, 0.2) is 30.3 Å². The van der Waals surface area contributed by atoms with Gasteiger partial charge in [0, 0.05) is 0 Å². The molecule has 2 aliphatic heterocycles. The van der Waals surface area contributed by atoms with Gasteiger partial charge in [-0.25, -0.2) is 4.79 Å². The van der Waals surface area contributed by atoms with Gasteiger partial charge in [-0.15, -0.1) is 0 Å². The predicted octanol–water partition coefficient (Wildman–Crippen LogP) is 2.96. The summed E-state index contributed by atoms with van der Waals surface area (Å²) in [5.41, 5.74) is 1.11. The summed E-state index contributed by atoms with van der Waals surface area (Å²) in [7, 11) is 0. The Labute approximate surface area is 143 Å². The number of β-amino-alcohol motifs (C(OH)–C–C–N with tert-alkyl or cyclic N) is 1. The Hall–Kier alpha value is -1.59. The van der Waals surface area contributed by atoms with E-state index in [9.17, 15) is 9.90 Å². The molecule has 5 nitrogen and oxygen atoms in total. The van der Waals surface area contributed by atoms with Crippen molar-refractivity contribution in [1.82, 2.24) is 4.90 Å². The molecule has 2 fully saturated rings. The van der Waals surface area contributed by atoms with Crippen LogP contribution in [0.1, 0.15) is 39.2 Å². The molecule has 0 radical (unpaired) electrons. The van der Waals surface area contributed by atoms with Crippen molar-refractivity contribution in [3.63, 3.8) is 0 Å². The Morgan fingerprint density at radius 1 is 1.33 bits per heavy atom. The number of hydrogen-bond acceptors (Lipinski definition) is 4. The van der Waals surface area contributed by atoms with E-state index in [4.69, 9.17) is 9.47 Å². The number of amides is 1. The molecule has 1 aromatic rings. The van der Waals surface area contributed by atoms with Crippen molar-refractivity contribution in [3.8, 4) is 0 Å². The summed E-state index contributed by atoms with van der Waals surface area (Å²) in [6.45, 7) is 7.05. The minimum absolute atomic E-state index is 0.0828. The second kappa shape index (κ2) is 6.73. The number of hydrogen-bond donors (Lipinski definition) is 1. The average molecular weight is 333 g/mol. The summed E-state index contributed by atoms with van der Waals surface area (Å²) in [6, 6.07) is 9.52. The van der Waals surface area contributed by atoms with Gasteiger partial charge in [0.1, 0.15) is 12.7 Å². The maximum absolute atomic E-state index is 12.4. The Bertz CT molecular complexity index is 568. The first-order valence-corrected chi connectivity index (χ1v) is 8.64. The van der Waals surface area contributed by atoms with Gasteiger partial charge >= 0.3 is 6.09 Å². The number of likely N-dealkylation sites (tertiary alicyclic amines) is 1. The lowest BCUT2D eigenvalue weighted by Gasteiger charge is -2.25. The molecular weight excluding hydrogens is 306 g/mol. The van der Waals surface area contributed by atoms with Crippen LogP contribution >= 0.6 is 0 Å². The first kappa shape index (κ1) is 17.2. The number of aliphatic hydroxyl groups is 1. The van der Waals surface area contributed by atoms with Crippen molar-refractivity contribution in [3.05, 3.63) is 35.9 Å². The van der Waals surface area contributed by atoms with E-state index in [0.29, 0.717) is 0 Å². The topological polar surface area (TPSA) is 59.0 Å². The van der Waals surface area contributed by atoms with E-state index in [2.05, 4.69) is 20.8 Å². The molecule has 2 heterocycles. The molecule has 24 heavy (non-hydrogen) atoms. The van der Waals surface area contributed by atoms with Crippen LogP contribution in [0.25, 0.3) is 0 Å². The average Bonchev–Trinajstić information content (AvgIpc) is 3.04. The fourth-order valence-corrected chi connectivity index (χ4v) is 3.69. The van der Waals surface area contributed by atoms with Crippen LogP contribution in [0.4, 0.5) is 4.79 Å². The third-order valence-corrected chi connectivity index (χ3v) is 4.68. The van der Waals surface area contributed by atoms with E-state index >= 15 is 0 Å². The highest BCUT2D eigenvalue weighted by atomic mass is 16.6. The minimum Gasteiger partial charge on any atom is -0.445 e. The molecule has 3 rings (SSSR count). The van der Waals surface area contributed by atoms with Crippen molar-refractivity contribution in [2.75, 3.05) is 6.54 Å². The maximum atomic E-state index is 12.4. The van der Waals surface area contributed by atoms with Crippen molar-refractivity contribution in [2.45, 2.75) is 64.6 Å². The van der Waals surface area contributed by atoms with Crippen molar-refractivity contribution in [2.24, 2.45) is 5.41 Å². The van der Waals surface area contributed by atoms with Crippen molar-refractivity contribution >= 4 is 6.09 Å². The number of fused-ring (bicyclic) bond motifs is 1. The molecule has 1 aromatic carbocycles. The van der Waals surface area contributed by atoms with Gasteiger partial charge in [-0.3, -0.25) is 4.90 Å². The first-order valence-electron chi connectivity index (χ1n) is 8.64. The molecular formula is C19H27NO4. The number of carbonyl (C=O) groups excluding carboxylic acids is 1. The lowest BCUT2D eigenvalue weighted by molar-refractivity contribution is -0.0309. The van der Waals surface area contributed by atoms with Crippen LogP contribution in [0.5, 0.6) is 0 Å². The zero-order valence-electron chi connectivity index (χ0n) is 14.6. The zero-order valence-corrected chi connectivity index (χ0v) is 14.6. The summed E-state index contributed by atoms with van der Waals surface area (Å²) in [6.07, 6.45) is 0.467. The number of carbonyl (C=O) groups is 1. The van der Waals surface area contributed by atoms with E-state index in [1.54, 1.807) is 4.90 Å². The highest BCUT2D eigenvalue weighted by Crippen LogP contribution is 2.38.